The zero-order chi connectivity index (χ0) is 19.0. The van der Waals surface area contributed by atoms with Crippen LogP contribution in [0.1, 0.15) is 24.5 Å². The summed E-state index contributed by atoms with van der Waals surface area (Å²) in [6.45, 7) is 5.63. The van der Waals surface area contributed by atoms with Gasteiger partial charge in [0.25, 0.3) is 0 Å². The number of hydrogen-bond acceptors (Lipinski definition) is 4. The van der Waals surface area contributed by atoms with Gasteiger partial charge in [-0.3, -0.25) is 19.6 Å². The van der Waals surface area contributed by atoms with E-state index in [0.717, 1.165) is 23.2 Å². The van der Waals surface area contributed by atoms with E-state index >= 15 is 0 Å². The zero-order valence-electron chi connectivity index (χ0n) is 15.5. The van der Waals surface area contributed by atoms with E-state index in [2.05, 4.69) is 15.4 Å². The van der Waals surface area contributed by atoms with E-state index in [1.54, 1.807) is 15.8 Å². The van der Waals surface area contributed by atoms with Crippen LogP contribution in [0, 0.1) is 6.92 Å². The number of aromatic nitrogens is 2. The highest BCUT2D eigenvalue weighted by molar-refractivity contribution is 6.20. The van der Waals surface area contributed by atoms with Gasteiger partial charge in [0, 0.05) is 13.1 Å². The minimum atomic E-state index is -0.237. The number of fused-ring (bicyclic) bond motifs is 3. The Morgan fingerprint density at radius 3 is 2.78 bits per heavy atom. The highest BCUT2D eigenvalue weighted by atomic mass is 16.2. The van der Waals surface area contributed by atoms with Crippen molar-refractivity contribution >= 4 is 23.6 Å². The molecule has 1 aromatic heterocycles. The smallest absolute Gasteiger partial charge is 0.331 e. The van der Waals surface area contributed by atoms with Crippen LogP contribution in [0.5, 0.6) is 0 Å². The molecule has 0 bridgehead atoms. The van der Waals surface area contributed by atoms with Crippen molar-refractivity contribution in [2.45, 2.75) is 20.3 Å². The molecule has 1 N–H and O–H groups in total. The third kappa shape index (κ3) is 2.97. The van der Waals surface area contributed by atoms with Gasteiger partial charge in [-0.25, -0.2) is 9.48 Å². The fourth-order valence-corrected chi connectivity index (χ4v) is 3.34. The van der Waals surface area contributed by atoms with Crippen LogP contribution in [0.3, 0.4) is 0 Å². The summed E-state index contributed by atoms with van der Waals surface area (Å²) in [6.07, 6.45) is 2.56. The molecule has 27 heavy (non-hydrogen) atoms. The number of nitrogens with one attached hydrogen (secondary N) is 1. The molecule has 1 aromatic carbocycles. The molecule has 0 spiro atoms. The van der Waals surface area contributed by atoms with Gasteiger partial charge in [0.15, 0.2) is 5.82 Å². The lowest BCUT2D eigenvalue weighted by molar-refractivity contribution is -0.119. The Labute approximate surface area is 157 Å². The molecule has 4 rings (SSSR count). The van der Waals surface area contributed by atoms with Crippen LogP contribution in [0.4, 0.5) is 10.6 Å². The van der Waals surface area contributed by atoms with Gasteiger partial charge < -0.3 is 5.32 Å². The first kappa shape index (κ1) is 17.3. The number of anilines is 1. The summed E-state index contributed by atoms with van der Waals surface area (Å²) < 4.78 is 1.71. The number of amidine groups is 1. The molecular weight excluding hydrogens is 344 g/mol. The molecule has 2 aromatic rings. The second kappa shape index (κ2) is 6.86. The predicted octanol–water partition coefficient (Wildman–Crippen LogP) is 1.71. The van der Waals surface area contributed by atoms with Crippen molar-refractivity contribution < 1.29 is 9.59 Å². The summed E-state index contributed by atoms with van der Waals surface area (Å²) in [4.78, 5) is 33.0. The van der Waals surface area contributed by atoms with E-state index in [9.17, 15) is 9.59 Å². The van der Waals surface area contributed by atoms with Crippen LogP contribution in [0.25, 0.3) is 5.69 Å². The Morgan fingerprint density at radius 1 is 1.26 bits per heavy atom. The van der Waals surface area contributed by atoms with E-state index in [1.165, 1.54) is 4.90 Å². The number of rotatable bonds is 5. The van der Waals surface area contributed by atoms with Gasteiger partial charge in [0.2, 0.25) is 5.91 Å². The van der Waals surface area contributed by atoms with Crippen molar-refractivity contribution in [3.8, 4) is 5.69 Å². The Morgan fingerprint density at radius 2 is 2.04 bits per heavy atom. The standard InChI is InChI=1S/C19H22N6O2/c1-3-8-20-16(26)12-24-18-15(17-21-9-10-23(17)19(24)27)11-22-25(18)14-6-4-13(2)5-7-14/h4-7,11H,3,8-10,12H2,1-2H3,(H,20,26). The third-order valence-electron chi connectivity index (χ3n) is 4.70. The summed E-state index contributed by atoms with van der Waals surface area (Å²) in [7, 11) is 0. The summed E-state index contributed by atoms with van der Waals surface area (Å²) in [5.41, 5.74) is 2.75. The van der Waals surface area contributed by atoms with Crippen LogP contribution < -0.4 is 10.2 Å². The zero-order valence-corrected chi connectivity index (χ0v) is 15.5. The van der Waals surface area contributed by atoms with Crippen LogP contribution >= 0.6 is 0 Å². The molecule has 0 unspecified atom stereocenters. The SMILES string of the molecule is CCCNC(=O)CN1C(=O)N2CCN=C2c2cnn(-c3ccc(C)cc3)c21. The first-order valence-electron chi connectivity index (χ1n) is 9.15. The minimum absolute atomic E-state index is 0.0484. The molecular formula is C19H22N6O2. The second-order valence-corrected chi connectivity index (χ2v) is 6.70. The van der Waals surface area contributed by atoms with Gasteiger partial charge in [0.05, 0.1) is 24.0 Å². The molecule has 0 radical (unpaired) electrons. The van der Waals surface area contributed by atoms with Crippen molar-refractivity contribution in [2.24, 2.45) is 4.99 Å². The molecule has 3 amide bonds. The highest BCUT2D eigenvalue weighted by Crippen LogP contribution is 2.32. The van der Waals surface area contributed by atoms with Gasteiger partial charge in [-0.05, 0) is 25.5 Å². The maximum atomic E-state index is 13.1. The Bertz CT molecular complexity index is 915. The van der Waals surface area contributed by atoms with Crippen LogP contribution in [0.2, 0.25) is 0 Å². The van der Waals surface area contributed by atoms with Crippen LogP contribution in [-0.4, -0.2) is 58.6 Å². The van der Waals surface area contributed by atoms with E-state index in [-0.39, 0.29) is 18.5 Å². The monoisotopic (exact) mass is 366 g/mol. The van der Waals surface area contributed by atoms with Crippen molar-refractivity contribution in [2.75, 3.05) is 31.1 Å². The molecule has 0 saturated carbocycles. The quantitative estimate of drug-likeness (QED) is 0.874. The fraction of sp³-hybridized carbons (Fsp3) is 0.368. The summed E-state index contributed by atoms with van der Waals surface area (Å²) in [5.74, 6) is 1.04. The number of benzene rings is 1. The lowest BCUT2D eigenvalue weighted by Crippen LogP contribution is -2.53. The molecule has 0 atom stereocenters. The molecule has 3 heterocycles. The molecule has 0 aliphatic carbocycles. The lowest BCUT2D eigenvalue weighted by atomic mass is 10.2. The van der Waals surface area contributed by atoms with Crippen molar-refractivity contribution in [3.63, 3.8) is 0 Å². The van der Waals surface area contributed by atoms with E-state index in [1.807, 2.05) is 38.1 Å². The van der Waals surface area contributed by atoms with Crippen molar-refractivity contribution in [1.82, 2.24) is 20.0 Å². The third-order valence-corrected chi connectivity index (χ3v) is 4.70. The number of nitrogens with zero attached hydrogens (tertiary/aromatic N) is 5. The number of aryl methyl sites for hydroxylation is 1. The maximum Gasteiger partial charge on any atom is 0.331 e. The molecule has 140 valence electrons. The Hall–Kier alpha value is -3.16. The number of hydrogen-bond donors (Lipinski definition) is 1. The molecule has 8 heteroatoms. The maximum absolute atomic E-state index is 13.1. The summed E-state index contributed by atoms with van der Waals surface area (Å²) in [5, 5.41) is 7.33. The average molecular weight is 366 g/mol. The van der Waals surface area contributed by atoms with Crippen LogP contribution in [-0.2, 0) is 4.79 Å². The topological polar surface area (TPSA) is 82.8 Å². The van der Waals surface area contributed by atoms with Crippen LogP contribution in [0.15, 0.2) is 35.5 Å². The normalized spacial score (nSPS) is 15.5. The number of urea groups is 1. The van der Waals surface area contributed by atoms with E-state index < -0.39 is 0 Å². The van der Waals surface area contributed by atoms with Gasteiger partial charge in [0.1, 0.15) is 12.4 Å². The molecule has 0 fully saturated rings. The number of carbonyl (C=O) groups excluding carboxylic acids is 2. The predicted molar refractivity (Wildman–Crippen MR) is 102 cm³/mol. The van der Waals surface area contributed by atoms with Gasteiger partial charge in [-0.15, -0.1) is 0 Å². The van der Waals surface area contributed by atoms with E-state index in [0.29, 0.717) is 31.3 Å². The Balaban J connectivity index is 1.77. The lowest BCUT2D eigenvalue weighted by Gasteiger charge is -2.33. The summed E-state index contributed by atoms with van der Waals surface area (Å²) in [6, 6.07) is 7.65. The van der Waals surface area contributed by atoms with Gasteiger partial charge in [-0.1, -0.05) is 24.6 Å². The number of aliphatic imine (C=N–C) groups is 1. The van der Waals surface area contributed by atoms with E-state index in [4.69, 9.17) is 0 Å². The summed E-state index contributed by atoms with van der Waals surface area (Å²) >= 11 is 0. The number of carbonyl (C=O) groups is 2. The molecule has 8 nitrogen and oxygen atoms in total. The highest BCUT2D eigenvalue weighted by Gasteiger charge is 2.41. The first-order valence-corrected chi connectivity index (χ1v) is 9.15. The second-order valence-electron chi connectivity index (χ2n) is 6.70. The van der Waals surface area contributed by atoms with Gasteiger partial charge in [-0.2, -0.15) is 5.10 Å². The van der Waals surface area contributed by atoms with Gasteiger partial charge >= 0.3 is 6.03 Å². The first-order chi connectivity index (χ1) is 13.1. The minimum Gasteiger partial charge on any atom is -0.355 e. The number of amides is 3. The average Bonchev–Trinajstić information content (AvgIpc) is 3.31. The van der Waals surface area contributed by atoms with Crippen molar-refractivity contribution in [1.29, 1.82) is 0 Å². The largest absolute Gasteiger partial charge is 0.355 e. The van der Waals surface area contributed by atoms with Crippen molar-refractivity contribution in [3.05, 3.63) is 41.6 Å². The fourth-order valence-electron chi connectivity index (χ4n) is 3.34. The molecule has 0 saturated heterocycles. The molecule has 2 aliphatic heterocycles. The Kier molecular flexibility index (Phi) is 4.39. The molecule has 2 aliphatic rings.